The minimum Gasteiger partial charge on any atom is -0.459 e. The van der Waals surface area contributed by atoms with E-state index in [4.69, 9.17) is 9.47 Å². The molecule has 0 aliphatic carbocycles. The summed E-state index contributed by atoms with van der Waals surface area (Å²) in [7, 11) is 0. The molecule has 0 bridgehead atoms. The van der Waals surface area contributed by atoms with Gasteiger partial charge in [-0.15, -0.1) is 6.58 Å². The van der Waals surface area contributed by atoms with Gasteiger partial charge in [0.05, 0.1) is 11.1 Å². The normalized spacial score (nSPS) is 13.0. The predicted octanol–water partition coefficient (Wildman–Crippen LogP) is 7.65. The van der Waals surface area contributed by atoms with E-state index in [-0.39, 0.29) is 24.1 Å². The molecule has 0 spiro atoms. The SMILES string of the molecule is C=CCC(C)CCC.CCCC(CC(C)OC(=O)c1ccccc1)OC(=O)c1ccccc1. The van der Waals surface area contributed by atoms with E-state index >= 15 is 0 Å². The van der Waals surface area contributed by atoms with E-state index in [1.807, 2.05) is 32.1 Å². The van der Waals surface area contributed by atoms with Gasteiger partial charge in [0.15, 0.2) is 0 Å². The number of benzene rings is 2. The number of esters is 2. The van der Waals surface area contributed by atoms with Crippen LogP contribution in [0, 0.1) is 5.92 Å². The zero-order chi connectivity index (χ0) is 24.5. The zero-order valence-corrected chi connectivity index (χ0v) is 20.7. The molecule has 0 fully saturated rings. The van der Waals surface area contributed by atoms with E-state index < -0.39 is 0 Å². The highest BCUT2D eigenvalue weighted by atomic mass is 16.6. The maximum absolute atomic E-state index is 12.2. The largest absolute Gasteiger partial charge is 0.459 e. The van der Waals surface area contributed by atoms with Crippen LogP contribution in [0.15, 0.2) is 73.3 Å². The number of ether oxygens (including phenoxy) is 2. The second kappa shape index (κ2) is 16.7. The summed E-state index contributed by atoms with van der Waals surface area (Å²) in [6, 6.07) is 17.8. The van der Waals surface area contributed by atoms with Gasteiger partial charge in [-0.05, 0) is 49.9 Å². The molecule has 0 aliphatic rings. The first-order valence-corrected chi connectivity index (χ1v) is 12.0. The van der Waals surface area contributed by atoms with Crippen molar-refractivity contribution in [3.05, 3.63) is 84.4 Å². The molecule has 3 atom stereocenters. The number of rotatable bonds is 12. The molecule has 4 heteroatoms. The summed E-state index contributed by atoms with van der Waals surface area (Å²) >= 11 is 0. The molecule has 3 unspecified atom stereocenters. The molecule has 0 saturated carbocycles. The fourth-order valence-electron chi connectivity index (χ4n) is 3.48. The fraction of sp³-hybridized carbons (Fsp3) is 0.448. The lowest BCUT2D eigenvalue weighted by Crippen LogP contribution is -2.25. The van der Waals surface area contributed by atoms with Gasteiger partial charge in [0.1, 0.15) is 12.2 Å². The number of hydrogen-bond acceptors (Lipinski definition) is 4. The Morgan fingerprint density at radius 3 is 1.76 bits per heavy atom. The summed E-state index contributed by atoms with van der Waals surface area (Å²) in [6.45, 7) is 12.0. The van der Waals surface area contributed by atoms with Crippen molar-refractivity contribution in [2.24, 2.45) is 5.92 Å². The summed E-state index contributed by atoms with van der Waals surface area (Å²) in [6.07, 6.45) is 7.28. The summed E-state index contributed by atoms with van der Waals surface area (Å²) in [5.41, 5.74) is 1.04. The number of carbonyl (C=O) groups excluding carboxylic acids is 2. The average molecular weight is 453 g/mol. The van der Waals surface area contributed by atoms with Gasteiger partial charge in [-0.2, -0.15) is 0 Å². The molecule has 0 N–H and O–H groups in total. The predicted molar refractivity (Wildman–Crippen MR) is 135 cm³/mol. The van der Waals surface area contributed by atoms with E-state index in [0.29, 0.717) is 17.5 Å². The van der Waals surface area contributed by atoms with Crippen LogP contribution in [0.1, 0.15) is 86.9 Å². The van der Waals surface area contributed by atoms with Crippen LogP contribution in [0.25, 0.3) is 0 Å². The van der Waals surface area contributed by atoms with Crippen molar-refractivity contribution in [1.82, 2.24) is 0 Å². The molecule has 180 valence electrons. The highest BCUT2D eigenvalue weighted by Gasteiger charge is 2.21. The number of carbonyl (C=O) groups is 2. The molecule has 4 nitrogen and oxygen atoms in total. The van der Waals surface area contributed by atoms with Crippen molar-refractivity contribution in [2.75, 3.05) is 0 Å². The van der Waals surface area contributed by atoms with Crippen LogP contribution in [0.5, 0.6) is 0 Å². The number of hydrogen-bond donors (Lipinski definition) is 0. The van der Waals surface area contributed by atoms with Gasteiger partial charge in [0, 0.05) is 6.42 Å². The van der Waals surface area contributed by atoms with Crippen LogP contribution in [0.2, 0.25) is 0 Å². The molecule has 2 aromatic rings. The molecular weight excluding hydrogens is 412 g/mol. The van der Waals surface area contributed by atoms with Crippen LogP contribution in [-0.4, -0.2) is 24.1 Å². The third-order valence-corrected chi connectivity index (χ3v) is 5.16. The molecule has 0 radical (unpaired) electrons. The molecule has 2 rings (SSSR count). The quantitative estimate of drug-likeness (QED) is 0.245. The first kappa shape index (κ1) is 28.2. The van der Waals surface area contributed by atoms with Gasteiger partial charge < -0.3 is 9.47 Å². The minimum atomic E-state index is -0.363. The van der Waals surface area contributed by atoms with Crippen LogP contribution < -0.4 is 0 Å². The Balaban J connectivity index is 0.000000582. The third kappa shape index (κ3) is 12.1. The van der Waals surface area contributed by atoms with Gasteiger partial charge >= 0.3 is 11.9 Å². The van der Waals surface area contributed by atoms with Crippen LogP contribution in [0.4, 0.5) is 0 Å². The molecule has 2 aromatic carbocycles. The van der Waals surface area contributed by atoms with Crippen molar-refractivity contribution < 1.29 is 19.1 Å². The van der Waals surface area contributed by atoms with Crippen molar-refractivity contribution in [3.8, 4) is 0 Å². The van der Waals surface area contributed by atoms with Crippen molar-refractivity contribution >= 4 is 11.9 Å². The lowest BCUT2D eigenvalue weighted by Gasteiger charge is -2.21. The topological polar surface area (TPSA) is 52.6 Å². The summed E-state index contributed by atoms with van der Waals surface area (Å²) in [4.78, 5) is 24.3. The van der Waals surface area contributed by atoms with Gasteiger partial charge in [-0.25, -0.2) is 9.59 Å². The van der Waals surface area contributed by atoms with E-state index in [1.165, 1.54) is 19.3 Å². The second-order valence-corrected chi connectivity index (χ2v) is 8.42. The Bertz CT molecular complexity index is 801. The number of allylic oxidation sites excluding steroid dienone is 1. The monoisotopic (exact) mass is 452 g/mol. The second-order valence-electron chi connectivity index (χ2n) is 8.42. The Morgan fingerprint density at radius 2 is 1.30 bits per heavy atom. The van der Waals surface area contributed by atoms with Crippen LogP contribution in [0.3, 0.4) is 0 Å². The van der Waals surface area contributed by atoms with Gasteiger partial charge in [0.2, 0.25) is 0 Å². The Kier molecular flexibility index (Phi) is 14.3. The zero-order valence-electron chi connectivity index (χ0n) is 20.7. The highest BCUT2D eigenvalue weighted by molar-refractivity contribution is 5.90. The first-order valence-electron chi connectivity index (χ1n) is 12.0. The lowest BCUT2D eigenvalue weighted by atomic mass is 10.0. The Morgan fingerprint density at radius 1 is 0.818 bits per heavy atom. The molecule has 0 aromatic heterocycles. The summed E-state index contributed by atoms with van der Waals surface area (Å²) in [5.74, 6) is 0.135. The van der Waals surface area contributed by atoms with Crippen molar-refractivity contribution in [3.63, 3.8) is 0 Å². The maximum atomic E-state index is 12.2. The standard InChI is InChI=1S/C21H24O4.C8H16/c1-3-10-19(25-21(23)18-13-8-5-9-14-18)15-16(2)24-20(22)17-11-6-4-7-12-17;1-4-6-8(3)7-5-2/h4-9,11-14,16,19H,3,10,15H2,1-2H3;4,8H,1,5-7H2,2-3H3. The molecular formula is C29H40O4. The van der Waals surface area contributed by atoms with E-state index in [2.05, 4.69) is 20.4 Å². The van der Waals surface area contributed by atoms with Gasteiger partial charge in [-0.1, -0.05) is 82.5 Å². The average Bonchev–Trinajstić information content (AvgIpc) is 2.81. The van der Waals surface area contributed by atoms with E-state index in [1.54, 1.807) is 48.5 Å². The van der Waals surface area contributed by atoms with Crippen LogP contribution in [-0.2, 0) is 9.47 Å². The molecule has 0 saturated heterocycles. The highest BCUT2D eigenvalue weighted by Crippen LogP contribution is 2.16. The van der Waals surface area contributed by atoms with Gasteiger partial charge in [0.25, 0.3) is 0 Å². The molecule has 0 heterocycles. The van der Waals surface area contributed by atoms with Crippen molar-refractivity contribution in [2.45, 2.75) is 78.4 Å². The summed E-state index contributed by atoms with van der Waals surface area (Å²) < 4.78 is 11.1. The van der Waals surface area contributed by atoms with Gasteiger partial charge in [-0.3, -0.25) is 0 Å². The fourth-order valence-corrected chi connectivity index (χ4v) is 3.48. The Hall–Kier alpha value is -2.88. The smallest absolute Gasteiger partial charge is 0.338 e. The van der Waals surface area contributed by atoms with E-state index in [9.17, 15) is 9.59 Å². The van der Waals surface area contributed by atoms with Crippen molar-refractivity contribution in [1.29, 1.82) is 0 Å². The lowest BCUT2D eigenvalue weighted by molar-refractivity contribution is 0.00162. The van der Waals surface area contributed by atoms with Crippen LogP contribution >= 0.6 is 0 Å². The Labute approximate surface area is 200 Å². The van der Waals surface area contributed by atoms with E-state index in [0.717, 1.165) is 18.8 Å². The minimum absolute atomic E-state index is 0.281. The summed E-state index contributed by atoms with van der Waals surface area (Å²) in [5, 5.41) is 0. The molecule has 0 aliphatic heterocycles. The third-order valence-electron chi connectivity index (χ3n) is 5.16. The molecule has 0 amide bonds. The maximum Gasteiger partial charge on any atom is 0.338 e. The first-order chi connectivity index (χ1) is 15.9. The molecule has 33 heavy (non-hydrogen) atoms.